The van der Waals surface area contributed by atoms with Gasteiger partial charge < -0.3 is 25.2 Å². The van der Waals surface area contributed by atoms with Crippen molar-refractivity contribution in [3.8, 4) is 0 Å². The summed E-state index contributed by atoms with van der Waals surface area (Å²) in [6.45, 7) is 5.84. The highest BCUT2D eigenvalue weighted by atomic mass is 16.5. The Kier molecular flexibility index (Phi) is 8.58. The molecule has 0 unspecified atom stereocenters. The molecule has 0 aromatic heterocycles. The number of aliphatic hydroxyl groups excluding tert-OH is 1. The molecule has 1 aromatic carbocycles. The molecule has 2 aliphatic rings. The largest absolute Gasteiger partial charge is 0.393 e. The fraction of sp³-hybridized carbons (Fsp3) is 0.682. The minimum atomic E-state index is -0.133. The Hall–Kier alpha value is -1.63. The van der Waals surface area contributed by atoms with Crippen LogP contribution < -0.4 is 10.6 Å². The van der Waals surface area contributed by atoms with Crippen LogP contribution in [0.2, 0.25) is 0 Å². The second-order valence-electron chi connectivity index (χ2n) is 7.78. The van der Waals surface area contributed by atoms with Gasteiger partial charge in [-0.05, 0) is 56.6 Å². The molecule has 1 saturated carbocycles. The van der Waals surface area contributed by atoms with E-state index in [1.807, 2.05) is 0 Å². The molecular weight excluding hydrogens is 354 g/mol. The van der Waals surface area contributed by atoms with Gasteiger partial charge in [0.1, 0.15) is 0 Å². The van der Waals surface area contributed by atoms with Crippen LogP contribution in [0.1, 0.15) is 56.6 Å². The van der Waals surface area contributed by atoms with Crippen molar-refractivity contribution in [1.82, 2.24) is 10.6 Å². The van der Waals surface area contributed by atoms with E-state index in [4.69, 9.17) is 14.5 Å². The van der Waals surface area contributed by atoms with Gasteiger partial charge in [-0.25, -0.2) is 4.99 Å². The van der Waals surface area contributed by atoms with Crippen LogP contribution in [0.3, 0.4) is 0 Å². The molecular formula is C22H35N3O3. The topological polar surface area (TPSA) is 75.1 Å². The summed E-state index contributed by atoms with van der Waals surface area (Å²) in [5, 5.41) is 16.5. The Morgan fingerprint density at radius 1 is 1.07 bits per heavy atom. The zero-order chi connectivity index (χ0) is 19.6. The van der Waals surface area contributed by atoms with Crippen molar-refractivity contribution in [2.24, 2.45) is 4.99 Å². The Morgan fingerprint density at radius 3 is 2.43 bits per heavy atom. The third kappa shape index (κ3) is 7.08. The van der Waals surface area contributed by atoms with E-state index in [-0.39, 0.29) is 6.10 Å². The molecule has 1 aromatic rings. The Morgan fingerprint density at radius 2 is 1.75 bits per heavy atom. The number of hydrogen-bond acceptors (Lipinski definition) is 4. The Labute approximate surface area is 168 Å². The molecule has 28 heavy (non-hydrogen) atoms. The highest BCUT2D eigenvalue weighted by molar-refractivity contribution is 5.80. The van der Waals surface area contributed by atoms with Crippen LogP contribution in [-0.2, 0) is 22.6 Å². The molecule has 1 aliphatic carbocycles. The summed E-state index contributed by atoms with van der Waals surface area (Å²) in [7, 11) is 0. The van der Waals surface area contributed by atoms with E-state index in [9.17, 15) is 5.11 Å². The molecule has 0 bridgehead atoms. The maximum absolute atomic E-state index is 9.66. The zero-order valence-electron chi connectivity index (χ0n) is 17.0. The smallest absolute Gasteiger partial charge is 0.191 e. The minimum Gasteiger partial charge on any atom is -0.393 e. The molecule has 6 nitrogen and oxygen atoms in total. The van der Waals surface area contributed by atoms with E-state index < -0.39 is 0 Å². The average molecular weight is 390 g/mol. The van der Waals surface area contributed by atoms with Crippen molar-refractivity contribution in [3.63, 3.8) is 0 Å². The van der Waals surface area contributed by atoms with Gasteiger partial charge in [-0.1, -0.05) is 24.3 Å². The number of aliphatic hydroxyl groups is 1. The number of aliphatic imine (C=N–C) groups is 1. The molecule has 1 heterocycles. The first-order chi connectivity index (χ1) is 13.7. The van der Waals surface area contributed by atoms with E-state index in [1.165, 1.54) is 11.1 Å². The number of nitrogens with one attached hydrogen (secondary N) is 2. The van der Waals surface area contributed by atoms with Crippen molar-refractivity contribution in [3.05, 3.63) is 35.4 Å². The third-order valence-electron chi connectivity index (χ3n) is 5.48. The predicted octanol–water partition coefficient (Wildman–Crippen LogP) is 2.74. The predicted molar refractivity (Wildman–Crippen MR) is 111 cm³/mol. The summed E-state index contributed by atoms with van der Waals surface area (Å²) in [5.74, 6) is 0.857. The van der Waals surface area contributed by atoms with Crippen LogP contribution in [0.4, 0.5) is 0 Å². The molecule has 6 heteroatoms. The van der Waals surface area contributed by atoms with Crippen molar-refractivity contribution in [1.29, 1.82) is 0 Å². The lowest BCUT2D eigenvalue weighted by atomic mass is 9.93. The molecule has 2 fully saturated rings. The van der Waals surface area contributed by atoms with Gasteiger partial charge in [0.05, 0.1) is 25.4 Å². The number of benzene rings is 1. The van der Waals surface area contributed by atoms with Crippen LogP contribution in [0.5, 0.6) is 0 Å². The summed E-state index contributed by atoms with van der Waals surface area (Å²) in [5.41, 5.74) is 2.39. The van der Waals surface area contributed by atoms with E-state index in [0.29, 0.717) is 25.3 Å². The van der Waals surface area contributed by atoms with Gasteiger partial charge in [-0.2, -0.15) is 0 Å². The lowest BCUT2D eigenvalue weighted by molar-refractivity contribution is -0.0390. The summed E-state index contributed by atoms with van der Waals surface area (Å²) in [6, 6.07) is 8.92. The highest BCUT2D eigenvalue weighted by Crippen LogP contribution is 2.18. The van der Waals surface area contributed by atoms with E-state index >= 15 is 0 Å². The van der Waals surface area contributed by atoms with Crippen LogP contribution in [-0.4, -0.2) is 49.1 Å². The van der Waals surface area contributed by atoms with Crippen LogP contribution >= 0.6 is 0 Å². The minimum absolute atomic E-state index is 0.133. The third-order valence-corrected chi connectivity index (χ3v) is 5.48. The van der Waals surface area contributed by atoms with E-state index in [1.54, 1.807) is 0 Å². The molecule has 0 atom stereocenters. The fourth-order valence-corrected chi connectivity index (χ4v) is 3.70. The molecule has 0 radical (unpaired) electrons. The molecule has 3 N–H and O–H groups in total. The maximum Gasteiger partial charge on any atom is 0.191 e. The van der Waals surface area contributed by atoms with Crippen LogP contribution in [0.15, 0.2) is 29.3 Å². The van der Waals surface area contributed by atoms with Gasteiger partial charge in [0.25, 0.3) is 0 Å². The molecule has 156 valence electrons. The van der Waals surface area contributed by atoms with Gasteiger partial charge in [-0.3, -0.25) is 0 Å². The van der Waals surface area contributed by atoms with Gasteiger partial charge >= 0.3 is 0 Å². The quantitative estimate of drug-likeness (QED) is 0.494. The standard InChI is InChI=1S/C22H35N3O3/c1-2-23-22(25-19-7-9-20(26)10-8-19)24-15-17-3-5-18(6-4-17)16-28-21-11-13-27-14-12-21/h3-6,19-21,26H,2,7-16H2,1H3,(H2,23,24,25). The summed E-state index contributed by atoms with van der Waals surface area (Å²) in [6.07, 6.45) is 5.91. The summed E-state index contributed by atoms with van der Waals surface area (Å²) in [4.78, 5) is 4.73. The Bertz CT molecular complexity index is 592. The van der Waals surface area contributed by atoms with Gasteiger partial charge in [0.2, 0.25) is 0 Å². The molecule has 3 rings (SSSR count). The summed E-state index contributed by atoms with van der Waals surface area (Å²) < 4.78 is 11.4. The number of nitrogens with zero attached hydrogens (tertiary/aromatic N) is 1. The second-order valence-corrected chi connectivity index (χ2v) is 7.78. The van der Waals surface area contributed by atoms with Crippen molar-refractivity contribution in [2.75, 3.05) is 19.8 Å². The zero-order valence-corrected chi connectivity index (χ0v) is 17.0. The number of hydrogen-bond donors (Lipinski definition) is 3. The Balaban J connectivity index is 1.46. The van der Waals surface area contributed by atoms with Crippen molar-refractivity contribution >= 4 is 5.96 Å². The van der Waals surface area contributed by atoms with Gasteiger partial charge in [0.15, 0.2) is 5.96 Å². The fourth-order valence-electron chi connectivity index (χ4n) is 3.70. The van der Waals surface area contributed by atoms with Crippen LogP contribution in [0.25, 0.3) is 0 Å². The molecule has 1 saturated heterocycles. The van der Waals surface area contributed by atoms with E-state index in [0.717, 1.165) is 64.2 Å². The normalized spacial score (nSPS) is 24.1. The van der Waals surface area contributed by atoms with Crippen molar-refractivity contribution < 1.29 is 14.6 Å². The molecule has 0 spiro atoms. The van der Waals surface area contributed by atoms with E-state index in [2.05, 4.69) is 41.8 Å². The van der Waals surface area contributed by atoms with Gasteiger partial charge in [0, 0.05) is 25.8 Å². The van der Waals surface area contributed by atoms with Crippen LogP contribution in [0, 0.1) is 0 Å². The average Bonchev–Trinajstić information content (AvgIpc) is 2.74. The van der Waals surface area contributed by atoms with Crippen molar-refractivity contribution in [2.45, 2.75) is 76.9 Å². The highest BCUT2D eigenvalue weighted by Gasteiger charge is 2.20. The number of ether oxygens (including phenoxy) is 2. The molecule has 0 amide bonds. The number of guanidine groups is 1. The second kappa shape index (κ2) is 11.4. The molecule has 1 aliphatic heterocycles. The first-order valence-corrected chi connectivity index (χ1v) is 10.7. The maximum atomic E-state index is 9.66. The first-order valence-electron chi connectivity index (χ1n) is 10.7. The lowest BCUT2D eigenvalue weighted by Gasteiger charge is -2.27. The summed E-state index contributed by atoms with van der Waals surface area (Å²) >= 11 is 0. The first kappa shape index (κ1) is 21.1. The number of rotatable bonds is 7. The monoisotopic (exact) mass is 389 g/mol. The van der Waals surface area contributed by atoms with Gasteiger partial charge in [-0.15, -0.1) is 0 Å². The SMILES string of the molecule is CCNC(=NCc1ccc(COC2CCOCC2)cc1)NC1CCC(O)CC1. The lowest BCUT2D eigenvalue weighted by Crippen LogP contribution is -2.45.